The van der Waals surface area contributed by atoms with E-state index in [1.807, 2.05) is 19.0 Å². The molecular weight excluding hydrogens is 260 g/mol. The van der Waals surface area contributed by atoms with Gasteiger partial charge < -0.3 is 15.3 Å². The van der Waals surface area contributed by atoms with E-state index in [1.165, 1.54) is 24.0 Å². The Morgan fingerprint density at radius 2 is 1.81 bits per heavy atom. The number of nitrogens with zero attached hydrogens (tertiary/aromatic N) is 1. The zero-order valence-corrected chi connectivity index (χ0v) is 13.9. The molecule has 0 aliphatic heterocycles. The van der Waals surface area contributed by atoms with Crippen molar-refractivity contribution in [2.75, 3.05) is 27.2 Å². The first-order chi connectivity index (χ1) is 9.85. The van der Waals surface area contributed by atoms with E-state index in [2.05, 4.69) is 43.4 Å². The quantitative estimate of drug-likeness (QED) is 0.807. The molecule has 0 saturated heterocycles. The van der Waals surface area contributed by atoms with Crippen molar-refractivity contribution in [1.29, 1.82) is 0 Å². The van der Waals surface area contributed by atoms with Gasteiger partial charge in [-0.1, -0.05) is 24.3 Å². The van der Waals surface area contributed by atoms with Crippen molar-refractivity contribution in [1.82, 2.24) is 10.2 Å². The lowest BCUT2D eigenvalue weighted by Gasteiger charge is -2.31. The molecule has 0 aromatic heterocycles. The SMILES string of the molecule is CN(C)C[C@H](O)CNC(C)(C)CC1Cc2ccccc2C1. The van der Waals surface area contributed by atoms with Gasteiger partial charge in [-0.05, 0) is 64.3 Å². The highest BCUT2D eigenvalue weighted by molar-refractivity contribution is 5.32. The fraction of sp³-hybridized carbons (Fsp3) is 0.667. The molecule has 1 aromatic rings. The van der Waals surface area contributed by atoms with Crippen LogP contribution in [0.5, 0.6) is 0 Å². The normalized spacial score (nSPS) is 17.2. The van der Waals surface area contributed by atoms with Crippen LogP contribution >= 0.6 is 0 Å². The molecule has 1 atom stereocenters. The number of fused-ring (bicyclic) bond motifs is 1. The molecule has 2 N–H and O–H groups in total. The monoisotopic (exact) mass is 290 g/mol. The topological polar surface area (TPSA) is 35.5 Å². The third kappa shape index (κ3) is 5.10. The highest BCUT2D eigenvalue weighted by Gasteiger charge is 2.28. The summed E-state index contributed by atoms with van der Waals surface area (Å²) < 4.78 is 0. The number of hydrogen-bond acceptors (Lipinski definition) is 3. The molecule has 1 aromatic carbocycles. The lowest BCUT2D eigenvalue weighted by Crippen LogP contribution is -2.46. The smallest absolute Gasteiger partial charge is 0.0791 e. The molecule has 3 nitrogen and oxygen atoms in total. The summed E-state index contributed by atoms with van der Waals surface area (Å²) in [6.07, 6.45) is 3.24. The summed E-state index contributed by atoms with van der Waals surface area (Å²) in [5.74, 6) is 0.718. The molecular formula is C18H30N2O. The van der Waals surface area contributed by atoms with Crippen LogP contribution in [0.3, 0.4) is 0 Å². The molecule has 21 heavy (non-hydrogen) atoms. The maximum Gasteiger partial charge on any atom is 0.0791 e. The van der Waals surface area contributed by atoms with E-state index in [1.54, 1.807) is 0 Å². The van der Waals surface area contributed by atoms with Crippen molar-refractivity contribution in [2.45, 2.75) is 44.8 Å². The highest BCUT2D eigenvalue weighted by Crippen LogP contribution is 2.31. The Labute approximate surface area is 129 Å². The standard InChI is InChI=1S/C18H30N2O/c1-18(2,19-12-17(21)13-20(3)4)11-14-9-15-7-5-6-8-16(15)10-14/h5-8,14,17,19,21H,9-13H2,1-4H3/t17-/m1/s1. The average molecular weight is 290 g/mol. The summed E-state index contributed by atoms with van der Waals surface area (Å²) in [6, 6.07) is 8.80. The van der Waals surface area contributed by atoms with Crippen LogP contribution in [-0.4, -0.2) is 48.8 Å². The van der Waals surface area contributed by atoms with E-state index in [-0.39, 0.29) is 11.6 Å². The number of β-amino-alcohol motifs (C(OH)–C–C–N with tert-alkyl or cyclic N) is 1. The highest BCUT2D eigenvalue weighted by atomic mass is 16.3. The number of likely N-dealkylation sites (N-methyl/N-ethyl adjacent to an activating group) is 1. The fourth-order valence-corrected chi connectivity index (χ4v) is 3.47. The van der Waals surface area contributed by atoms with Crippen LogP contribution in [0.2, 0.25) is 0 Å². The van der Waals surface area contributed by atoms with Crippen molar-refractivity contribution in [3.05, 3.63) is 35.4 Å². The average Bonchev–Trinajstić information content (AvgIpc) is 2.77. The summed E-state index contributed by atoms with van der Waals surface area (Å²) in [5.41, 5.74) is 3.11. The first-order valence-electron chi connectivity index (χ1n) is 8.00. The van der Waals surface area contributed by atoms with Crippen LogP contribution < -0.4 is 5.32 Å². The van der Waals surface area contributed by atoms with Crippen LogP contribution in [0.25, 0.3) is 0 Å². The minimum absolute atomic E-state index is 0.0694. The zero-order chi connectivity index (χ0) is 15.5. The second kappa shape index (κ2) is 6.91. The van der Waals surface area contributed by atoms with Gasteiger partial charge in [-0.15, -0.1) is 0 Å². The molecule has 0 bridgehead atoms. The van der Waals surface area contributed by atoms with Crippen molar-refractivity contribution >= 4 is 0 Å². The predicted molar refractivity (Wildman–Crippen MR) is 88.6 cm³/mol. The van der Waals surface area contributed by atoms with E-state index in [9.17, 15) is 5.11 Å². The first-order valence-corrected chi connectivity index (χ1v) is 8.00. The Kier molecular flexibility index (Phi) is 5.42. The van der Waals surface area contributed by atoms with Crippen molar-refractivity contribution in [3.8, 4) is 0 Å². The molecule has 1 aliphatic rings. The molecule has 0 amide bonds. The Morgan fingerprint density at radius 3 is 2.33 bits per heavy atom. The molecule has 0 heterocycles. The lowest BCUT2D eigenvalue weighted by molar-refractivity contribution is 0.122. The van der Waals surface area contributed by atoms with Crippen molar-refractivity contribution in [2.24, 2.45) is 5.92 Å². The van der Waals surface area contributed by atoms with E-state index < -0.39 is 0 Å². The van der Waals surface area contributed by atoms with Crippen molar-refractivity contribution < 1.29 is 5.11 Å². The summed E-state index contributed by atoms with van der Waals surface area (Å²) in [6.45, 7) is 5.86. The van der Waals surface area contributed by atoms with Crippen LogP contribution in [0, 0.1) is 5.92 Å². The minimum atomic E-state index is -0.306. The number of aliphatic hydroxyl groups excluding tert-OH is 1. The summed E-state index contributed by atoms with van der Waals surface area (Å²) in [7, 11) is 3.98. The maximum absolute atomic E-state index is 9.98. The van der Waals surface area contributed by atoms with E-state index in [0.29, 0.717) is 13.1 Å². The third-order valence-electron chi connectivity index (χ3n) is 4.33. The lowest BCUT2D eigenvalue weighted by atomic mass is 9.88. The molecule has 118 valence electrons. The molecule has 0 unspecified atom stereocenters. The van der Waals surface area contributed by atoms with Gasteiger partial charge in [0.2, 0.25) is 0 Å². The second-order valence-corrected chi connectivity index (χ2v) is 7.43. The van der Waals surface area contributed by atoms with E-state index in [4.69, 9.17) is 0 Å². The van der Waals surface area contributed by atoms with Gasteiger partial charge in [0, 0.05) is 18.6 Å². The maximum atomic E-state index is 9.98. The van der Waals surface area contributed by atoms with Gasteiger partial charge in [0.15, 0.2) is 0 Å². The van der Waals surface area contributed by atoms with Crippen molar-refractivity contribution in [3.63, 3.8) is 0 Å². The van der Waals surface area contributed by atoms with Crippen LogP contribution in [-0.2, 0) is 12.8 Å². The molecule has 0 saturated carbocycles. The van der Waals surface area contributed by atoms with Gasteiger partial charge in [0.05, 0.1) is 6.10 Å². The minimum Gasteiger partial charge on any atom is -0.390 e. The largest absolute Gasteiger partial charge is 0.390 e. The first kappa shape index (κ1) is 16.5. The summed E-state index contributed by atoms with van der Waals surface area (Å²) >= 11 is 0. The van der Waals surface area contributed by atoms with E-state index >= 15 is 0 Å². The Hall–Kier alpha value is -0.900. The predicted octanol–water partition coefficient (Wildman–Crippen LogP) is 2.08. The number of benzene rings is 1. The van der Waals surface area contributed by atoms with E-state index in [0.717, 1.165) is 12.3 Å². The zero-order valence-electron chi connectivity index (χ0n) is 13.9. The van der Waals surface area contributed by atoms with Crippen LogP contribution in [0.4, 0.5) is 0 Å². The molecule has 3 heteroatoms. The molecule has 1 aliphatic carbocycles. The number of aliphatic hydroxyl groups is 1. The van der Waals surface area contributed by atoms with Gasteiger partial charge in [-0.25, -0.2) is 0 Å². The number of rotatable bonds is 7. The molecule has 2 rings (SSSR count). The fourth-order valence-electron chi connectivity index (χ4n) is 3.47. The third-order valence-corrected chi connectivity index (χ3v) is 4.33. The van der Waals surface area contributed by atoms with Crippen LogP contribution in [0.1, 0.15) is 31.4 Å². The van der Waals surface area contributed by atoms with Gasteiger partial charge in [-0.2, -0.15) is 0 Å². The molecule has 0 spiro atoms. The summed E-state index contributed by atoms with van der Waals surface area (Å²) in [4.78, 5) is 2.02. The molecule has 0 fully saturated rings. The number of hydrogen-bond donors (Lipinski definition) is 2. The van der Waals surface area contributed by atoms with Gasteiger partial charge in [-0.3, -0.25) is 0 Å². The van der Waals surface area contributed by atoms with Gasteiger partial charge >= 0.3 is 0 Å². The summed E-state index contributed by atoms with van der Waals surface area (Å²) in [5, 5.41) is 13.5. The number of nitrogens with one attached hydrogen (secondary N) is 1. The van der Waals surface area contributed by atoms with Crippen LogP contribution in [0.15, 0.2) is 24.3 Å². The Balaban J connectivity index is 1.80. The Bertz CT molecular complexity index is 431. The molecule has 0 radical (unpaired) electrons. The second-order valence-electron chi connectivity index (χ2n) is 7.43. The van der Waals surface area contributed by atoms with Gasteiger partial charge in [0.1, 0.15) is 0 Å². The van der Waals surface area contributed by atoms with Gasteiger partial charge in [0.25, 0.3) is 0 Å². The Morgan fingerprint density at radius 1 is 1.24 bits per heavy atom.